The highest BCUT2D eigenvalue weighted by Gasteiger charge is 2.20. The first-order valence-corrected chi connectivity index (χ1v) is 7.86. The van der Waals surface area contributed by atoms with Gasteiger partial charge in [-0.1, -0.05) is 0 Å². The minimum Gasteiger partial charge on any atom is -0.318 e. The van der Waals surface area contributed by atoms with Gasteiger partial charge in [-0.15, -0.1) is 0 Å². The van der Waals surface area contributed by atoms with Crippen LogP contribution in [0.5, 0.6) is 0 Å². The number of nitrogens with one attached hydrogen (secondary N) is 1. The van der Waals surface area contributed by atoms with Gasteiger partial charge >= 0.3 is 0 Å². The summed E-state index contributed by atoms with van der Waals surface area (Å²) in [5, 5.41) is 11.2. The summed E-state index contributed by atoms with van der Waals surface area (Å²) in [7, 11) is 1.82. The molecule has 1 aliphatic rings. The number of nitrogens with zero attached hydrogens (tertiary/aromatic N) is 6. The van der Waals surface area contributed by atoms with Crippen LogP contribution in [0.1, 0.15) is 35.8 Å². The Hall–Kier alpha value is -3.03. The lowest BCUT2D eigenvalue weighted by Gasteiger charge is -2.25. The molecular weight excluding hydrogens is 306 g/mol. The molecule has 0 unspecified atom stereocenters. The van der Waals surface area contributed by atoms with E-state index < -0.39 is 0 Å². The Morgan fingerprint density at radius 2 is 2.12 bits per heavy atom. The van der Waals surface area contributed by atoms with Crippen LogP contribution in [-0.4, -0.2) is 35.4 Å². The number of aromatic nitrogens is 6. The third kappa shape index (κ3) is 2.78. The lowest BCUT2D eigenvalue weighted by atomic mass is 9.93. The number of aryl methyl sites for hydroxylation is 1. The maximum atomic E-state index is 12.4. The van der Waals surface area contributed by atoms with Crippen LogP contribution in [0.2, 0.25) is 0 Å². The Labute approximate surface area is 138 Å². The molecule has 3 aromatic rings. The molecule has 8 heteroatoms. The molecule has 0 saturated heterocycles. The van der Waals surface area contributed by atoms with Crippen molar-refractivity contribution in [3.63, 3.8) is 0 Å². The highest BCUT2D eigenvalue weighted by molar-refractivity contribution is 6.02. The molecule has 0 spiro atoms. The number of hydrogen-bond acceptors (Lipinski definition) is 5. The Morgan fingerprint density at radius 1 is 1.25 bits per heavy atom. The van der Waals surface area contributed by atoms with E-state index in [0.717, 1.165) is 18.4 Å². The third-order valence-electron chi connectivity index (χ3n) is 4.16. The highest BCUT2D eigenvalue weighted by Crippen LogP contribution is 2.31. The molecule has 1 saturated carbocycles. The van der Waals surface area contributed by atoms with Crippen LogP contribution in [0.4, 0.5) is 5.69 Å². The summed E-state index contributed by atoms with van der Waals surface area (Å²) in [4.78, 5) is 20.9. The molecule has 0 aliphatic heterocycles. The summed E-state index contributed by atoms with van der Waals surface area (Å²) in [6.45, 7) is 0. The van der Waals surface area contributed by atoms with Crippen molar-refractivity contribution in [2.24, 2.45) is 7.05 Å². The van der Waals surface area contributed by atoms with Crippen molar-refractivity contribution < 1.29 is 4.79 Å². The molecule has 0 radical (unpaired) electrons. The van der Waals surface area contributed by atoms with Gasteiger partial charge in [-0.25, -0.2) is 9.97 Å². The van der Waals surface area contributed by atoms with Crippen molar-refractivity contribution in [1.82, 2.24) is 29.5 Å². The van der Waals surface area contributed by atoms with Gasteiger partial charge in [0.2, 0.25) is 0 Å². The van der Waals surface area contributed by atoms with Crippen LogP contribution in [0.3, 0.4) is 0 Å². The third-order valence-corrected chi connectivity index (χ3v) is 4.16. The van der Waals surface area contributed by atoms with Gasteiger partial charge < -0.3 is 5.32 Å². The summed E-state index contributed by atoms with van der Waals surface area (Å²) in [6.07, 6.45) is 12.1. The molecule has 3 aromatic heterocycles. The second kappa shape index (κ2) is 5.88. The van der Waals surface area contributed by atoms with Crippen LogP contribution in [0.25, 0.3) is 11.4 Å². The van der Waals surface area contributed by atoms with Crippen molar-refractivity contribution in [2.75, 3.05) is 5.32 Å². The van der Waals surface area contributed by atoms with E-state index >= 15 is 0 Å². The lowest BCUT2D eigenvalue weighted by Crippen LogP contribution is -2.17. The van der Waals surface area contributed by atoms with Gasteiger partial charge in [0.15, 0.2) is 5.82 Å². The molecule has 0 bridgehead atoms. The van der Waals surface area contributed by atoms with E-state index in [4.69, 9.17) is 0 Å². The Kier molecular flexibility index (Phi) is 3.56. The van der Waals surface area contributed by atoms with Crippen molar-refractivity contribution >= 4 is 11.6 Å². The zero-order valence-corrected chi connectivity index (χ0v) is 13.3. The molecule has 0 aromatic carbocycles. The average molecular weight is 323 g/mol. The minimum absolute atomic E-state index is 0.282. The zero-order chi connectivity index (χ0) is 16.5. The first kappa shape index (κ1) is 14.6. The van der Waals surface area contributed by atoms with Gasteiger partial charge in [0, 0.05) is 25.6 Å². The smallest absolute Gasteiger partial charge is 0.274 e. The van der Waals surface area contributed by atoms with Crippen molar-refractivity contribution in [2.45, 2.75) is 25.3 Å². The summed E-state index contributed by atoms with van der Waals surface area (Å²) in [6, 6.07) is 2.05. The fourth-order valence-corrected chi connectivity index (χ4v) is 2.61. The van der Waals surface area contributed by atoms with E-state index in [0.29, 0.717) is 23.2 Å². The van der Waals surface area contributed by atoms with Crippen LogP contribution < -0.4 is 5.32 Å². The van der Waals surface area contributed by atoms with E-state index in [1.165, 1.54) is 6.42 Å². The maximum Gasteiger partial charge on any atom is 0.274 e. The molecule has 4 rings (SSSR count). The number of hydrogen-bond donors (Lipinski definition) is 1. The monoisotopic (exact) mass is 323 g/mol. The first-order chi connectivity index (χ1) is 11.7. The molecule has 24 heavy (non-hydrogen) atoms. The molecule has 8 nitrogen and oxygen atoms in total. The van der Waals surface area contributed by atoms with Gasteiger partial charge in [0.05, 0.1) is 29.7 Å². The Bertz CT molecular complexity index is 878. The molecule has 1 N–H and O–H groups in total. The normalized spacial score (nSPS) is 14.4. The molecule has 3 heterocycles. The zero-order valence-electron chi connectivity index (χ0n) is 13.3. The largest absolute Gasteiger partial charge is 0.318 e. The molecule has 1 amide bonds. The molecule has 0 atom stereocenters. The fourth-order valence-electron chi connectivity index (χ4n) is 2.61. The van der Waals surface area contributed by atoms with Crippen LogP contribution in [0.15, 0.2) is 37.1 Å². The van der Waals surface area contributed by atoms with E-state index in [-0.39, 0.29) is 5.91 Å². The Balaban J connectivity index is 1.50. The molecular formula is C16H17N7O. The molecule has 1 fully saturated rings. The maximum absolute atomic E-state index is 12.4. The standard InChI is InChI=1S/C16H17N7O/c1-22-9-11(7-18-22)15-17-6-5-14(21-15)16(24)20-12-8-19-23(10-12)13-3-2-4-13/h5-10,13H,2-4H2,1H3,(H,20,24). The summed E-state index contributed by atoms with van der Waals surface area (Å²) in [5.41, 5.74) is 1.75. The summed E-state index contributed by atoms with van der Waals surface area (Å²) in [5.74, 6) is 0.191. The topological polar surface area (TPSA) is 90.5 Å². The number of rotatable bonds is 4. The fraction of sp³-hybridized carbons (Fsp3) is 0.312. The quantitative estimate of drug-likeness (QED) is 0.793. The van der Waals surface area contributed by atoms with E-state index in [1.807, 2.05) is 17.9 Å². The van der Waals surface area contributed by atoms with Gasteiger partial charge in [-0.3, -0.25) is 14.2 Å². The van der Waals surface area contributed by atoms with Crippen molar-refractivity contribution in [3.05, 3.63) is 42.7 Å². The lowest BCUT2D eigenvalue weighted by molar-refractivity contribution is 0.102. The number of anilines is 1. The van der Waals surface area contributed by atoms with E-state index in [2.05, 4.69) is 25.5 Å². The predicted octanol–water partition coefficient (Wildman–Crippen LogP) is 2.05. The predicted molar refractivity (Wildman–Crippen MR) is 87.3 cm³/mol. The molecule has 1 aliphatic carbocycles. The van der Waals surface area contributed by atoms with Gasteiger partial charge in [-0.2, -0.15) is 10.2 Å². The summed E-state index contributed by atoms with van der Waals surface area (Å²) >= 11 is 0. The number of carbonyl (C=O) groups is 1. The average Bonchev–Trinajstić information content (AvgIpc) is 3.15. The molecule has 122 valence electrons. The SMILES string of the molecule is Cn1cc(-c2nccc(C(=O)Nc3cnn(C4CCC4)c3)n2)cn1. The summed E-state index contributed by atoms with van der Waals surface area (Å²) < 4.78 is 3.58. The van der Waals surface area contributed by atoms with E-state index in [1.54, 1.807) is 35.5 Å². The van der Waals surface area contributed by atoms with Gasteiger partial charge in [0.25, 0.3) is 5.91 Å². The number of carbonyl (C=O) groups excluding carboxylic acids is 1. The van der Waals surface area contributed by atoms with E-state index in [9.17, 15) is 4.79 Å². The highest BCUT2D eigenvalue weighted by atomic mass is 16.1. The van der Waals surface area contributed by atoms with Crippen LogP contribution in [-0.2, 0) is 7.05 Å². The Morgan fingerprint density at radius 3 is 2.83 bits per heavy atom. The second-order valence-electron chi connectivity index (χ2n) is 5.92. The van der Waals surface area contributed by atoms with Gasteiger partial charge in [-0.05, 0) is 25.3 Å². The number of amides is 1. The van der Waals surface area contributed by atoms with Crippen molar-refractivity contribution in [3.8, 4) is 11.4 Å². The van der Waals surface area contributed by atoms with Crippen LogP contribution >= 0.6 is 0 Å². The van der Waals surface area contributed by atoms with Crippen LogP contribution in [0, 0.1) is 0 Å². The van der Waals surface area contributed by atoms with Gasteiger partial charge in [0.1, 0.15) is 5.69 Å². The first-order valence-electron chi connectivity index (χ1n) is 7.86. The minimum atomic E-state index is -0.282. The van der Waals surface area contributed by atoms with Crippen molar-refractivity contribution in [1.29, 1.82) is 0 Å². The second-order valence-corrected chi connectivity index (χ2v) is 5.92.